The number of ether oxygens (including phenoxy) is 5. The third-order valence-electron chi connectivity index (χ3n) is 4.08. The van der Waals surface area contributed by atoms with Crippen molar-refractivity contribution in [3.63, 3.8) is 0 Å². The van der Waals surface area contributed by atoms with Gasteiger partial charge >= 0.3 is 12.1 Å². The van der Waals surface area contributed by atoms with Gasteiger partial charge < -0.3 is 34.1 Å². The van der Waals surface area contributed by atoms with Crippen LogP contribution in [0.15, 0.2) is 12.2 Å². The number of carboxylic acid groups (broad SMARTS) is 1. The Labute approximate surface area is 172 Å². The first-order valence-electron chi connectivity index (χ1n) is 10.3. The second-order valence-electron chi connectivity index (χ2n) is 6.53. The third-order valence-corrected chi connectivity index (χ3v) is 4.08. The van der Waals surface area contributed by atoms with Crippen molar-refractivity contribution in [2.24, 2.45) is 0 Å². The van der Waals surface area contributed by atoms with Crippen molar-refractivity contribution in [1.29, 1.82) is 0 Å². The van der Waals surface area contributed by atoms with Crippen molar-refractivity contribution in [3.05, 3.63) is 12.2 Å². The van der Waals surface area contributed by atoms with Crippen molar-refractivity contribution in [1.82, 2.24) is 5.32 Å². The molecule has 0 aromatic heterocycles. The second-order valence-corrected chi connectivity index (χ2v) is 6.53. The van der Waals surface area contributed by atoms with Crippen LogP contribution in [0.3, 0.4) is 0 Å². The maximum absolute atomic E-state index is 11.8. The molecule has 2 N–H and O–H groups in total. The lowest BCUT2D eigenvalue weighted by Gasteiger charge is -2.18. The summed E-state index contributed by atoms with van der Waals surface area (Å²) in [5.74, 6) is -0.875. The quantitative estimate of drug-likeness (QED) is 0.290. The molecule has 1 atom stereocenters. The maximum Gasteiger partial charge on any atom is 0.407 e. The minimum absolute atomic E-state index is 0.00184. The van der Waals surface area contributed by atoms with Crippen LogP contribution in [0.2, 0.25) is 0 Å². The number of carbonyl (C=O) groups excluding carboxylic acids is 1. The fourth-order valence-corrected chi connectivity index (χ4v) is 2.58. The molecule has 1 amide bonds. The SMILES string of the molecule is O=C(O)CCOCCOCCOCCOCCNC(=O)OC1CCC=CCCC1. The minimum atomic E-state index is -0.875. The summed E-state index contributed by atoms with van der Waals surface area (Å²) in [5, 5.41) is 11.1. The van der Waals surface area contributed by atoms with Crippen LogP contribution < -0.4 is 5.32 Å². The van der Waals surface area contributed by atoms with E-state index in [1.807, 2.05) is 0 Å². The molecule has 0 heterocycles. The van der Waals surface area contributed by atoms with Gasteiger partial charge in [-0.2, -0.15) is 0 Å². The van der Waals surface area contributed by atoms with Gasteiger partial charge in [-0.1, -0.05) is 12.2 Å². The van der Waals surface area contributed by atoms with E-state index in [1.54, 1.807) is 0 Å². The number of rotatable bonds is 16. The zero-order valence-corrected chi connectivity index (χ0v) is 17.1. The predicted octanol–water partition coefficient (Wildman–Crippen LogP) is 2.14. The van der Waals surface area contributed by atoms with Crippen LogP contribution in [0.4, 0.5) is 4.79 Å². The van der Waals surface area contributed by atoms with Crippen LogP contribution in [0.1, 0.15) is 38.5 Å². The van der Waals surface area contributed by atoms with Crippen molar-refractivity contribution in [3.8, 4) is 0 Å². The molecule has 0 spiro atoms. The van der Waals surface area contributed by atoms with Crippen LogP contribution >= 0.6 is 0 Å². The highest BCUT2D eigenvalue weighted by molar-refractivity contribution is 5.67. The molecule has 0 aromatic rings. The number of nitrogens with one attached hydrogen (secondary N) is 1. The summed E-state index contributed by atoms with van der Waals surface area (Å²) in [6.07, 6.45) is 8.77. The third kappa shape index (κ3) is 16.9. The van der Waals surface area contributed by atoms with E-state index < -0.39 is 5.97 Å². The molecule has 0 bridgehead atoms. The molecule has 0 saturated heterocycles. The van der Waals surface area contributed by atoms with Gasteiger partial charge in [0.2, 0.25) is 0 Å². The van der Waals surface area contributed by atoms with E-state index in [9.17, 15) is 9.59 Å². The molecule has 1 rings (SSSR count). The predicted molar refractivity (Wildman–Crippen MR) is 106 cm³/mol. The molecule has 0 aliphatic heterocycles. The van der Waals surface area contributed by atoms with E-state index in [-0.39, 0.29) is 25.2 Å². The molecule has 0 saturated carbocycles. The molecule has 1 aliphatic rings. The highest BCUT2D eigenvalue weighted by Crippen LogP contribution is 2.15. The standard InChI is InChI=1S/C20H35NO8/c22-19(23)8-10-25-12-14-27-16-17-28-15-13-26-11-9-21-20(24)29-18-6-4-2-1-3-5-7-18/h1-2,18H,3-17H2,(H,21,24)(H,22,23). The maximum atomic E-state index is 11.8. The molecule has 0 radical (unpaired) electrons. The van der Waals surface area contributed by atoms with Gasteiger partial charge in [0.25, 0.3) is 0 Å². The first-order chi connectivity index (χ1) is 14.2. The van der Waals surface area contributed by atoms with Gasteiger partial charge in [0, 0.05) is 6.54 Å². The zero-order valence-electron chi connectivity index (χ0n) is 17.1. The Hall–Kier alpha value is -1.68. The summed E-state index contributed by atoms with van der Waals surface area (Å²) < 4.78 is 26.6. The summed E-state index contributed by atoms with van der Waals surface area (Å²) in [5.41, 5.74) is 0. The van der Waals surface area contributed by atoms with E-state index in [2.05, 4.69) is 17.5 Å². The number of allylic oxidation sites excluding steroid dienone is 2. The van der Waals surface area contributed by atoms with Gasteiger partial charge in [-0.05, 0) is 32.1 Å². The highest BCUT2D eigenvalue weighted by atomic mass is 16.6. The van der Waals surface area contributed by atoms with Crippen LogP contribution in [0, 0.1) is 0 Å². The molecule has 1 aliphatic carbocycles. The van der Waals surface area contributed by atoms with E-state index in [1.165, 1.54) is 0 Å². The molecule has 9 heteroatoms. The van der Waals surface area contributed by atoms with E-state index in [0.717, 1.165) is 32.1 Å². The lowest BCUT2D eigenvalue weighted by atomic mass is 10.0. The van der Waals surface area contributed by atoms with Crippen molar-refractivity contribution in [2.45, 2.75) is 44.6 Å². The van der Waals surface area contributed by atoms with Gasteiger partial charge in [0.15, 0.2) is 0 Å². The summed E-state index contributed by atoms with van der Waals surface area (Å²) >= 11 is 0. The van der Waals surface area contributed by atoms with Gasteiger partial charge in [0.1, 0.15) is 6.10 Å². The average molecular weight is 417 g/mol. The Bertz CT molecular complexity index is 458. The van der Waals surface area contributed by atoms with Crippen LogP contribution in [-0.2, 0) is 28.5 Å². The van der Waals surface area contributed by atoms with Gasteiger partial charge in [-0.15, -0.1) is 0 Å². The molecule has 1 unspecified atom stereocenters. The Morgan fingerprint density at radius 2 is 1.41 bits per heavy atom. The van der Waals surface area contributed by atoms with Gasteiger partial charge in [-0.3, -0.25) is 4.79 Å². The Kier molecular flexibility index (Phi) is 16.0. The van der Waals surface area contributed by atoms with E-state index >= 15 is 0 Å². The van der Waals surface area contributed by atoms with Gasteiger partial charge in [-0.25, -0.2) is 4.79 Å². The largest absolute Gasteiger partial charge is 0.481 e. The van der Waals surface area contributed by atoms with Crippen molar-refractivity contribution in [2.75, 3.05) is 59.4 Å². The topological polar surface area (TPSA) is 113 Å². The summed E-state index contributed by atoms with van der Waals surface area (Å²) in [7, 11) is 0. The zero-order chi connectivity index (χ0) is 21.0. The highest BCUT2D eigenvalue weighted by Gasteiger charge is 2.14. The number of aliphatic carboxylic acids is 1. The normalized spacial score (nSPS) is 16.8. The minimum Gasteiger partial charge on any atom is -0.481 e. The van der Waals surface area contributed by atoms with Gasteiger partial charge in [0.05, 0.1) is 59.3 Å². The number of amides is 1. The first kappa shape index (κ1) is 25.4. The number of carboxylic acids is 1. The first-order valence-corrected chi connectivity index (χ1v) is 10.3. The lowest BCUT2D eigenvalue weighted by Crippen LogP contribution is -2.31. The summed E-state index contributed by atoms with van der Waals surface area (Å²) in [4.78, 5) is 22.1. The Morgan fingerprint density at radius 1 is 0.828 bits per heavy atom. The van der Waals surface area contributed by atoms with E-state index in [4.69, 9.17) is 28.8 Å². The number of alkyl carbamates (subject to hydrolysis) is 1. The van der Waals surface area contributed by atoms with Crippen LogP contribution in [0.25, 0.3) is 0 Å². The van der Waals surface area contributed by atoms with Crippen LogP contribution in [-0.4, -0.2) is 82.7 Å². The molecular weight excluding hydrogens is 382 g/mol. The fourth-order valence-electron chi connectivity index (χ4n) is 2.58. The lowest BCUT2D eigenvalue weighted by molar-refractivity contribution is -0.138. The van der Waals surface area contributed by atoms with Crippen LogP contribution in [0.5, 0.6) is 0 Å². The molecule has 0 aromatic carbocycles. The van der Waals surface area contributed by atoms with Crippen molar-refractivity contribution < 1.29 is 38.4 Å². The van der Waals surface area contributed by atoms with Crippen molar-refractivity contribution >= 4 is 12.1 Å². The second kappa shape index (κ2) is 18.4. The smallest absolute Gasteiger partial charge is 0.407 e. The molecule has 9 nitrogen and oxygen atoms in total. The monoisotopic (exact) mass is 417 g/mol. The Balaban J connectivity index is 1.80. The molecule has 0 fully saturated rings. The number of carbonyl (C=O) groups is 2. The summed E-state index contributed by atoms with van der Waals surface area (Å²) in [6.45, 7) is 3.51. The average Bonchev–Trinajstić information content (AvgIpc) is 2.66. The fraction of sp³-hybridized carbons (Fsp3) is 0.800. The number of hydrogen-bond acceptors (Lipinski definition) is 7. The number of hydrogen-bond donors (Lipinski definition) is 2. The summed E-state index contributed by atoms with van der Waals surface area (Å²) in [6, 6.07) is 0. The molecule has 168 valence electrons. The Morgan fingerprint density at radius 3 is 2.07 bits per heavy atom. The molecular formula is C20H35NO8. The van der Waals surface area contributed by atoms with E-state index in [0.29, 0.717) is 52.8 Å². The molecule has 29 heavy (non-hydrogen) atoms.